The summed E-state index contributed by atoms with van der Waals surface area (Å²) >= 11 is 0. The Bertz CT molecular complexity index is 1020. The van der Waals surface area contributed by atoms with Gasteiger partial charge in [-0.3, -0.25) is 9.59 Å². The number of aliphatic carboxylic acids is 1. The normalized spacial score (nSPS) is 15.8. The molecule has 3 atom stereocenters. The van der Waals surface area contributed by atoms with Crippen molar-refractivity contribution < 1.29 is 24.2 Å². The Balaban J connectivity index is 1.55. The molecular weight excluding hydrogens is 444 g/mol. The number of alkyl carbamates (subject to hydrolysis) is 1. The smallest absolute Gasteiger partial charge is 0.408 e. The molecule has 0 radical (unpaired) electrons. The quantitative estimate of drug-likeness (QED) is 0.416. The molecule has 3 unspecified atom stereocenters. The highest BCUT2D eigenvalue weighted by molar-refractivity contribution is 5.89. The van der Waals surface area contributed by atoms with Crippen LogP contribution in [0.5, 0.6) is 0 Å². The van der Waals surface area contributed by atoms with Gasteiger partial charge in [0.2, 0.25) is 5.91 Å². The third-order valence-corrected chi connectivity index (χ3v) is 7.00. The predicted octanol–water partition coefficient (Wildman–Crippen LogP) is 5.09. The van der Waals surface area contributed by atoms with Crippen molar-refractivity contribution in [2.24, 2.45) is 5.92 Å². The molecule has 188 valence electrons. The van der Waals surface area contributed by atoms with E-state index in [1.807, 2.05) is 38.1 Å². The second kappa shape index (κ2) is 11.4. The second-order valence-electron chi connectivity index (χ2n) is 9.68. The summed E-state index contributed by atoms with van der Waals surface area (Å²) in [5, 5.41) is 14.7. The summed E-state index contributed by atoms with van der Waals surface area (Å²) in [5.41, 5.74) is 3.45. The first kappa shape index (κ1) is 26.3. The number of carboxylic acids is 1. The number of fused-ring (bicyclic) bond motifs is 3. The summed E-state index contributed by atoms with van der Waals surface area (Å²) in [4.78, 5) is 36.7. The Hall–Kier alpha value is -3.35. The first-order chi connectivity index (χ1) is 16.7. The Labute approximate surface area is 207 Å². The van der Waals surface area contributed by atoms with Crippen molar-refractivity contribution in [1.29, 1.82) is 0 Å². The van der Waals surface area contributed by atoms with Gasteiger partial charge in [0.25, 0.3) is 0 Å². The van der Waals surface area contributed by atoms with Crippen LogP contribution in [-0.4, -0.2) is 41.3 Å². The van der Waals surface area contributed by atoms with E-state index >= 15 is 0 Å². The van der Waals surface area contributed by atoms with Gasteiger partial charge in [-0.1, -0.05) is 68.8 Å². The van der Waals surface area contributed by atoms with E-state index in [2.05, 4.69) is 34.9 Å². The third kappa shape index (κ3) is 6.21. The van der Waals surface area contributed by atoms with Gasteiger partial charge in [-0.25, -0.2) is 4.79 Å². The van der Waals surface area contributed by atoms with Crippen molar-refractivity contribution in [2.75, 3.05) is 6.61 Å². The Morgan fingerprint density at radius 1 is 1.00 bits per heavy atom. The SMILES string of the molecule is CCC(C)(NC(=O)OCC1c2ccccc2-c2ccccc21)C(=O)NC(C)CCCC(C)C(=O)O. The first-order valence-electron chi connectivity index (χ1n) is 12.3. The minimum absolute atomic E-state index is 0.0527. The molecule has 7 heteroatoms. The lowest BCUT2D eigenvalue weighted by atomic mass is 9.96. The molecule has 0 saturated heterocycles. The molecule has 0 aromatic heterocycles. The van der Waals surface area contributed by atoms with E-state index in [-0.39, 0.29) is 24.5 Å². The van der Waals surface area contributed by atoms with Crippen LogP contribution < -0.4 is 10.6 Å². The fourth-order valence-corrected chi connectivity index (χ4v) is 4.47. The minimum Gasteiger partial charge on any atom is -0.481 e. The molecule has 3 rings (SSSR count). The number of amides is 2. The van der Waals surface area contributed by atoms with Gasteiger partial charge in [0, 0.05) is 12.0 Å². The van der Waals surface area contributed by atoms with Crippen LogP contribution >= 0.6 is 0 Å². The minimum atomic E-state index is -1.12. The number of carbonyl (C=O) groups excluding carboxylic acids is 2. The van der Waals surface area contributed by atoms with Crippen molar-refractivity contribution >= 4 is 18.0 Å². The Kier molecular flexibility index (Phi) is 8.54. The van der Waals surface area contributed by atoms with Gasteiger partial charge in [0.15, 0.2) is 0 Å². The van der Waals surface area contributed by atoms with Gasteiger partial charge >= 0.3 is 12.1 Å². The molecule has 0 fully saturated rings. The number of rotatable bonds is 11. The van der Waals surface area contributed by atoms with Crippen molar-refractivity contribution in [3.63, 3.8) is 0 Å². The highest BCUT2D eigenvalue weighted by Crippen LogP contribution is 2.44. The Morgan fingerprint density at radius 3 is 2.11 bits per heavy atom. The number of carboxylic acid groups (broad SMARTS) is 1. The predicted molar refractivity (Wildman–Crippen MR) is 135 cm³/mol. The van der Waals surface area contributed by atoms with Crippen molar-refractivity contribution in [3.8, 4) is 11.1 Å². The molecule has 2 aromatic rings. The number of benzene rings is 2. The van der Waals surface area contributed by atoms with E-state index in [9.17, 15) is 14.4 Å². The zero-order valence-electron chi connectivity index (χ0n) is 21.0. The van der Waals surface area contributed by atoms with Crippen molar-refractivity contribution in [2.45, 2.75) is 70.9 Å². The van der Waals surface area contributed by atoms with Gasteiger partial charge in [-0.05, 0) is 55.4 Å². The first-order valence-corrected chi connectivity index (χ1v) is 12.3. The standard InChI is InChI=1S/C28H36N2O5/c1-5-28(4,26(33)29-19(3)12-10-11-18(2)25(31)32)30-27(34)35-17-24-22-15-8-6-13-20(22)21-14-7-9-16-23(21)24/h6-9,13-16,18-19,24H,5,10-12,17H2,1-4H3,(H,29,33)(H,30,34)(H,31,32). The monoisotopic (exact) mass is 480 g/mol. The number of nitrogens with one attached hydrogen (secondary N) is 2. The van der Waals surface area contributed by atoms with Crippen LogP contribution in [0.2, 0.25) is 0 Å². The number of hydrogen-bond acceptors (Lipinski definition) is 4. The summed E-state index contributed by atoms with van der Waals surface area (Å²) < 4.78 is 5.62. The number of carbonyl (C=O) groups is 3. The molecule has 3 N–H and O–H groups in total. The van der Waals surface area contributed by atoms with Gasteiger partial charge in [-0.2, -0.15) is 0 Å². The Morgan fingerprint density at radius 2 is 1.57 bits per heavy atom. The number of ether oxygens (including phenoxy) is 1. The molecular formula is C28H36N2O5. The summed E-state index contributed by atoms with van der Waals surface area (Å²) in [5.74, 6) is -1.56. The third-order valence-electron chi connectivity index (χ3n) is 7.00. The molecule has 0 heterocycles. The molecule has 0 saturated carbocycles. The fourth-order valence-electron chi connectivity index (χ4n) is 4.47. The summed E-state index contributed by atoms with van der Waals surface area (Å²) in [6.07, 6.45) is 1.67. The molecule has 0 bridgehead atoms. The zero-order chi connectivity index (χ0) is 25.6. The maximum atomic E-state index is 13.0. The van der Waals surface area contributed by atoms with E-state index in [1.54, 1.807) is 13.8 Å². The van der Waals surface area contributed by atoms with Crippen LogP contribution in [0.15, 0.2) is 48.5 Å². The van der Waals surface area contributed by atoms with E-state index < -0.39 is 23.5 Å². The van der Waals surface area contributed by atoms with Crippen LogP contribution in [0.3, 0.4) is 0 Å². The van der Waals surface area contributed by atoms with Crippen LogP contribution in [0.25, 0.3) is 11.1 Å². The van der Waals surface area contributed by atoms with Crippen molar-refractivity contribution in [3.05, 3.63) is 59.7 Å². The highest BCUT2D eigenvalue weighted by Gasteiger charge is 2.35. The zero-order valence-corrected chi connectivity index (χ0v) is 21.0. The van der Waals surface area contributed by atoms with Crippen LogP contribution in [0.1, 0.15) is 70.4 Å². The number of hydrogen-bond donors (Lipinski definition) is 3. The van der Waals surface area contributed by atoms with Gasteiger partial charge in [0.1, 0.15) is 12.1 Å². The van der Waals surface area contributed by atoms with Gasteiger partial charge in [0.05, 0.1) is 5.92 Å². The topological polar surface area (TPSA) is 105 Å². The maximum Gasteiger partial charge on any atom is 0.408 e. The van der Waals surface area contributed by atoms with Crippen molar-refractivity contribution in [1.82, 2.24) is 10.6 Å². The molecule has 7 nitrogen and oxygen atoms in total. The summed E-state index contributed by atoms with van der Waals surface area (Å²) in [6, 6.07) is 16.1. The summed E-state index contributed by atoms with van der Waals surface area (Å²) in [7, 11) is 0. The molecule has 1 aliphatic rings. The molecule has 2 aromatic carbocycles. The average molecular weight is 481 g/mol. The molecule has 2 amide bonds. The maximum absolute atomic E-state index is 13.0. The van der Waals surface area contributed by atoms with E-state index in [4.69, 9.17) is 9.84 Å². The molecule has 1 aliphatic carbocycles. The lowest BCUT2D eigenvalue weighted by Gasteiger charge is -2.30. The molecule has 0 aliphatic heterocycles. The van der Waals surface area contributed by atoms with Crippen LogP contribution in [0.4, 0.5) is 4.79 Å². The lowest BCUT2D eigenvalue weighted by molar-refractivity contribution is -0.141. The van der Waals surface area contributed by atoms with E-state index in [0.29, 0.717) is 25.7 Å². The fraction of sp³-hybridized carbons (Fsp3) is 0.464. The molecule has 0 spiro atoms. The van der Waals surface area contributed by atoms with E-state index in [0.717, 1.165) is 22.3 Å². The van der Waals surface area contributed by atoms with Gasteiger partial charge in [-0.15, -0.1) is 0 Å². The van der Waals surface area contributed by atoms with Gasteiger partial charge < -0.3 is 20.5 Å². The average Bonchev–Trinajstić information content (AvgIpc) is 3.16. The molecule has 35 heavy (non-hydrogen) atoms. The van der Waals surface area contributed by atoms with Crippen LogP contribution in [0, 0.1) is 5.92 Å². The summed E-state index contributed by atoms with van der Waals surface area (Å²) in [6.45, 7) is 7.26. The largest absolute Gasteiger partial charge is 0.481 e. The lowest BCUT2D eigenvalue weighted by Crippen LogP contribution is -2.58. The van der Waals surface area contributed by atoms with E-state index in [1.165, 1.54) is 0 Å². The highest BCUT2D eigenvalue weighted by atomic mass is 16.5. The van der Waals surface area contributed by atoms with Crippen LogP contribution in [-0.2, 0) is 14.3 Å². The second-order valence-corrected chi connectivity index (χ2v) is 9.68.